The van der Waals surface area contributed by atoms with Crippen LogP contribution in [0, 0.1) is 5.92 Å². The third-order valence-electron chi connectivity index (χ3n) is 3.16. The number of hydrogen-bond donors (Lipinski definition) is 2. The Morgan fingerprint density at radius 3 is 2.78 bits per heavy atom. The van der Waals surface area contributed by atoms with Crippen LogP contribution in [-0.4, -0.2) is 37.3 Å². The van der Waals surface area contributed by atoms with Gasteiger partial charge in [0.2, 0.25) is 0 Å². The summed E-state index contributed by atoms with van der Waals surface area (Å²) in [5, 5.41) is 0. The van der Waals surface area contributed by atoms with Crippen molar-refractivity contribution in [3.05, 3.63) is 16.6 Å². The summed E-state index contributed by atoms with van der Waals surface area (Å²) in [7, 11) is -3.37. The molecule has 0 saturated carbocycles. The Hall–Kier alpha value is -0.540. The van der Waals surface area contributed by atoms with Crippen molar-refractivity contribution in [1.29, 1.82) is 0 Å². The van der Waals surface area contributed by atoms with E-state index in [0.29, 0.717) is 32.1 Å². The number of nitrogens with two attached hydrogens (primary N) is 1. The summed E-state index contributed by atoms with van der Waals surface area (Å²) in [6.07, 6.45) is 3.36. The maximum Gasteiger partial charge on any atom is 0.279 e. The van der Waals surface area contributed by atoms with E-state index >= 15 is 0 Å². The lowest BCUT2D eigenvalue weighted by Crippen LogP contribution is -2.45. The van der Waals surface area contributed by atoms with Crippen molar-refractivity contribution in [3.63, 3.8) is 0 Å². The minimum Gasteiger partial charge on any atom is -0.330 e. The summed E-state index contributed by atoms with van der Waals surface area (Å²) in [6, 6.07) is 0. The second kappa shape index (κ2) is 6.07. The number of piperidine rings is 1. The summed E-state index contributed by atoms with van der Waals surface area (Å²) >= 11 is 1.44. The first-order valence-corrected chi connectivity index (χ1v) is 8.26. The van der Waals surface area contributed by atoms with Gasteiger partial charge < -0.3 is 5.73 Å². The van der Waals surface area contributed by atoms with Crippen LogP contribution < -0.4 is 10.5 Å². The van der Waals surface area contributed by atoms with E-state index < -0.39 is 10.2 Å². The highest BCUT2D eigenvalue weighted by atomic mass is 32.2. The molecule has 8 heteroatoms. The van der Waals surface area contributed by atoms with Crippen LogP contribution in [0.2, 0.25) is 0 Å². The summed E-state index contributed by atoms with van der Waals surface area (Å²) in [4.78, 5) is 4.82. The highest BCUT2D eigenvalue weighted by molar-refractivity contribution is 7.87. The van der Waals surface area contributed by atoms with Crippen LogP contribution in [0.25, 0.3) is 0 Å². The van der Waals surface area contributed by atoms with Crippen molar-refractivity contribution < 1.29 is 8.42 Å². The minimum atomic E-state index is -3.37. The van der Waals surface area contributed by atoms with Crippen molar-refractivity contribution in [2.75, 3.05) is 19.6 Å². The molecular weight excluding hydrogens is 272 g/mol. The second-order valence-electron chi connectivity index (χ2n) is 4.37. The van der Waals surface area contributed by atoms with Crippen LogP contribution >= 0.6 is 11.3 Å². The van der Waals surface area contributed by atoms with Crippen LogP contribution in [0.3, 0.4) is 0 Å². The molecule has 2 rings (SSSR count). The lowest BCUT2D eigenvalue weighted by molar-refractivity contribution is 0.276. The van der Waals surface area contributed by atoms with Crippen LogP contribution in [-0.2, 0) is 16.8 Å². The van der Waals surface area contributed by atoms with E-state index in [1.54, 1.807) is 11.7 Å². The van der Waals surface area contributed by atoms with Gasteiger partial charge in [0.1, 0.15) is 0 Å². The van der Waals surface area contributed by atoms with Gasteiger partial charge in [0.25, 0.3) is 10.2 Å². The molecule has 0 radical (unpaired) electrons. The Bertz CT molecular complexity index is 452. The van der Waals surface area contributed by atoms with Gasteiger partial charge in [-0.05, 0) is 25.3 Å². The van der Waals surface area contributed by atoms with Crippen LogP contribution in [0.4, 0.5) is 0 Å². The van der Waals surface area contributed by atoms with Gasteiger partial charge in [-0.25, -0.2) is 0 Å². The molecular formula is C10H18N4O2S2. The number of rotatable bonds is 5. The molecule has 6 nitrogen and oxygen atoms in total. The summed E-state index contributed by atoms with van der Waals surface area (Å²) < 4.78 is 28.2. The molecule has 0 atom stereocenters. The average molecular weight is 290 g/mol. The number of nitrogens with one attached hydrogen (secondary N) is 1. The van der Waals surface area contributed by atoms with Crippen molar-refractivity contribution in [2.45, 2.75) is 19.4 Å². The normalized spacial score (nSPS) is 19.2. The largest absolute Gasteiger partial charge is 0.330 e. The highest BCUT2D eigenvalue weighted by Crippen LogP contribution is 2.18. The average Bonchev–Trinajstić information content (AvgIpc) is 2.90. The highest BCUT2D eigenvalue weighted by Gasteiger charge is 2.27. The zero-order chi connectivity index (χ0) is 13.0. The molecule has 1 fully saturated rings. The molecule has 0 aliphatic carbocycles. The first kappa shape index (κ1) is 13.9. The molecule has 1 aromatic heterocycles. The predicted octanol–water partition coefficient (Wildman–Crippen LogP) is 0.148. The Balaban J connectivity index is 1.87. The van der Waals surface area contributed by atoms with Gasteiger partial charge in [0.05, 0.1) is 5.51 Å². The Labute approximate surface area is 111 Å². The first-order valence-electron chi connectivity index (χ1n) is 5.94. The van der Waals surface area contributed by atoms with E-state index in [1.807, 2.05) is 0 Å². The van der Waals surface area contributed by atoms with Gasteiger partial charge in [-0.2, -0.15) is 17.4 Å². The van der Waals surface area contributed by atoms with E-state index in [1.165, 1.54) is 15.6 Å². The fraction of sp³-hybridized carbons (Fsp3) is 0.700. The van der Waals surface area contributed by atoms with Crippen molar-refractivity contribution >= 4 is 21.5 Å². The molecule has 0 unspecified atom stereocenters. The molecule has 0 amide bonds. The third kappa shape index (κ3) is 3.48. The topological polar surface area (TPSA) is 88.3 Å². The third-order valence-corrected chi connectivity index (χ3v) is 5.49. The van der Waals surface area contributed by atoms with Gasteiger partial charge >= 0.3 is 0 Å². The molecule has 0 bridgehead atoms. The molecule has 3 N–H and O–H groups in total. The Morgan fingerprint density at radius 2 is 2.22 bits per heavy atom. The Morgan fingerprint density at radius 1 is 1.50 bits per heavy atom. The lowest BCUT2D eigenvalue weighted by atomic mass is 9.99. The van der Waals surface area contributed by atoms with E-state index in [9.17, 15) is 8.42 Å². The number of nitrogens with zero attached hydrogens (tertiary/aromatic N) is 2. The molecule has 1 aliphatic rings. The Kier molecular flexibility index (Phi) is 4.68. The SMILES string of the molecule is NCC1CCN(S(=O)(=O)NCc2cncs2)CC1. The fourth-order valence-electron chi connectivity index (χ4n) is 1.97. The van der Waals surface area contributed by atoms with E-state index in [0.717, 1.165) is 17.7 Å². The van der Waals surface area contributed by atoms with Crippen molar-refractivity contribution in [3.8, 4) is 0 Å². The van der Waals surface area contributed by atoms with E-state index in [-0.39, 0.29) is 0 Å². The molecule has 2 heterocycles. The smallest absolute Gasteiger partial charge is 0.279 e. The van der Waals surface area contributed by atoms with Gasteiger partial charge in [0, 0.05) is 30.7 Å². The lowest BCUT2D eigenvalue weighted by Gasteiger charge is -2.30. The van der Waals surface area contributed by atoms with E-state index in [2.05, 4.69) is 9.71 Å². The minimum absolute atomic E-state index is 0.309. The predicted molar refractivity (Wildman–Crippen MR) is 71.2 cm³/mol. The standard InChI is InChI=1S/C10H18N4O2S2/c11-5-9-1-3-14(4-2-9)18(15,16)13-7-10-6-12-8-17-10/h6,8-9,13H,1-5,7,11H2. The monoisotopic (exact) mass is 290 g/mol. The number of thiazole rings is 1. The van der Waals surface area contributed by atoms with Crippen LogP contribution in [0.15, 0.2) is 11.7 Å². The molecule has 0 spiro atoms. The van der Waals surface area contributed by atoms with Crippen LogP contribution in [0.1, 0.15) is 17.7 Å². The van der Waals surface area contributed by atoms with Gasteiger partial charge in [-0.3, -0.25) is 4.98 Å². The zero-order valence-corrected chi connectivity index (χ0v) is 11.7. The van der Waals surface area contributed by atoms with Crippen molar-refractivity contribution in [1.82, 2.24) is 14.0 Å². The summed E-state index contributed by atoms with van der Waals surface area (Å²) in [6.45, 7) is 2.06. The molecule has 18 heavy (non-hydrogen) atoms. The summed E-state index contributed by atoms with van der Waals surface area (Å²) in [5.41, 5.74) is 7.28. The van der Waals surface area contributed by atoms with E-state index in [4.69, 9.17) is 5.73 Å². The first-order chi connectivity index (χ1) is 8.62. The summed E-state index contributed by atoms with van der Waals surface area (Å²) in [5.74, 6) is 0.456. The van der Waals surface area contributed by atoms with Crippen LogP contribution in [0.5, 0.6) is 0 Å². The fourth-order valence-corrected chi connectivity index (χ4v) is 3.81. The van der Waals surface area contributed by atoms with Gasteiger partial charge in [-0.15, -0.1) is 11.3 Å². The molecule has 102 valence electrons. The number of aromatic nitrogens is 1. The molecule has 1 aromatic rings. The quantitative estimate of drug-likeness (QED) is 0.808. The maximum atomic E-state index is 12.0. The molecule has 1 saturated heterocycles. The molecule has 0 aromatic carbocycles. The zero-order valence-electron chi connectivity index (χ0n) is 10.1. The maximum absolute atomic E-state index is 12.0. The molecule has 1 aliphatic heterocycles. The number of hydrogen-bond acceptors (Lipinski definition) is 5. The van der Waals surface area contributed by atoms with Gasteiger partial charge in [0.15, 0.2) is 0 Å². The van der Waals surface area contributed by atoms with Crippen molar-refractivity contribution in [2.24, 2.45) is 11.7 Å². The van der Waals surface area contributed by atoms with Gasteiger partial charge in [-0.1, -0.05) is 0 Å². The second-order valence-corrected chi connectivity index (χ2v) is 7.10.